The van der Waals surface area contributed by atoms with Gasteiger partial charge in [0.1, 0.15) is 23.9 Å². The Balaban J connectivity index is 1.21. The Morgan fingerprint density at radius 1 is 1.12 bits per heavy atom. The van der Waals surface area contributed by atoms with Crippen LogP contribution < -0.4 is 9.64 Å². The van der Waals surface area contributed by atoms with Crippen molar-refractivity contribution in [2.75, 3.05) is 51.8 Å². The average Bonchev–Trinajstić information content (AvgIpc) is 3.33. The Morgan fingerprint density at radius 3 is 2.48 bits per heavy atom. The van der Waals surface area contributed by atoms with Gasteiger partial charge in [-0.3, -0.25) is 4.90 Å². The van der Waals surface area contributed by atoms with Crippen LogP contribution in [0, 0.1) is 12.3 Å². The van der Waals surface area contributed by atoms with Gasteiger partial charge in [0.25, 0.3) is 5.92 Å². The normalized spacial score (nSPS) is 28.2. The van der Waals surface area contributed by atoms with Gasteiger partial charge in [-0.05, 0) is 92.4 Å². The molecule has 8 rings (SSSR count). The zero-order chi connectivity index (χ0) is 41.7. The van der Waals surface area contributed by atoms with E-state index in [-0.39, 0.29) is 71.7 Å². The highest BCUT2D eigenvalue weighted by atomic mass is 19.4. The highest BCUT2D eigenvalue weighted by Crippen LogP contribution is 2.61. The molecule has 0 N–H and O–H groups in total. The van der Waals surface area contributed by atoms with Crippen molar-refractivity contribution in [1.29, 1.82) is 0 Å². The Bertz CT molecular complexity index is 2130. The fourth-order valence-electron chi connectivity index (χ4n) is 9.52. The number of carbonyl (C=O) groups excluding carboxylic acids is 2. The first-order chi connectivity index (χ1) is 27.1. The number of alkyl halides is 5. The Morgan fingerprint density at radius 2 is 1.86 bits per heavy atom. The molecule has 5 atom stereocenters. The lowest BCUT2D eigenvalue weighted by Crippen LogP contribution is -2.63. The van der Waals surface area contributed by atoms with Gasteiger partial charge in [-0.1, -0.05) is 0 Å². The number of amides is 1. The van der Waals surface area contributed by atoms with Crippen LogP contribution in [0.5, 0.6) is 6.01 Å². The van der Waals surface area contributed by atoms with Crippen LogP contribution in [0.3, 0.4) is 0 Å². The van der Waals surface area contributed by atoms with E-state index in [0.29, 0.717) is 31.4 Å². The predicted octanol–water partition coefficient (Wildman–Crippen LogP) is 7.25. The summed E-state index contributed by atoms with van der Waals surface area (Å²) in [6, 6.07) is 0.812. The van der Waals surface area contributed by atoms with Crippen molar-refractivity contribution in [2.45, 2.75) is 121 Å². The lowest BCUT2D eigenvalue weighted by molar-refractivity contribution is -0.139. The smallest absolute Gasteiger partial charge is 0.417 e. The van der Waals surface area contributed by atoms with E-state index in [1.165, 1.54) is 19.2 Å². The molecule has 5 aliphatic rings. The van der Waals surface area contributed by atoms with Crippen molar-refractivity contribution >= 4 is 28.8 Å². The quantitative estimate of drug-likeness (QED) is 0.169. The van der Waals surface area contributed by atoms with Crippen LogP contribution >= 0.6 is 0 Å². The van der Waals surface area contributed by atoms with E-state index in [0.717, 1.165) is 12.8 Å². The first kappa shape index (κ1) is 40.5. The number of ether oxygens (including phenoxy) is 4. The molecule has 1 aromatic carbocycles. The molecule has 4 fully saturated rings. The number of nitrogens with zero attached hydrogens (tertiary/aromatic N) is 7. The van der Waals surface area contributed by atoms with Crippen LogP contribution in [0.2, 0.25) is 0 Å². The average molecular weight is 820 g/mol. The van der Waals surface area contributed by atoms with Crippen molar-refractivity contribution in [2.24, 2.45) is 5.41 Å². The molecular formula is C40H50F5N7O6. The summed E-state index contributed by atoms with van der Waals surface area (Å²) < 4.78 is 100. The van der Waals surface area contributed by atoms with E-state index in [4.69, 9.17) is 18.9 Å². The third-order valence-corrected chi connectivity index (χ3v) is 12.1. The molecule has 1 aliphatic carbocycles. The first-order valence-electron chi connectivity index (χ1n) is 19.8. The molecule has 3 saturated heterocycles. The van der Waals surface area contributed by atoms with Gasteiger partial charge in [0.2, 0.25) is 0 Å². The maximum atomic E-state index is 15.0. The number of aromatic nitrogens is 4. The maximum Gasteiger partial charge on any atom is 0.417 e. The summed E-state index contributed by atoms with van der Waals surface area (Å²) in [5.74, 6) is -3.84. The standard InChI is InChI=1S/C40H50F5N7O6/c1-22-14-26-24(16-46-52(26)28-10-8-9-13-55-28)29(31(22)40(43,44)45)27-15-25-30(33(53)57-27)32(48-34(47-25)56-21-38(20-49(6)7)18-39(38,41)42)50-17-23-11-12-37(5,19-50)51(23)35(54)58-36(2,3)4/h14,16,23,27-28H,8-13,15,17-21H2,1-7H3/t23-,27?,28?,37?,38-/m1/s1. The number of halogens is 5. The molecule has 1 saturated carbocycles. The summed E-state index contributed by atoms with van der Waals surface area (Å²) in [7, 11) is 3.37. The Hall–Kier alpha value is -4.32. The van der Waals surface area contributed by atoms with Crippen LogP contribution in [0.1, 0.15) is 111 Å². The molecule has 58 heavy (non-hydrogen) atoms. The van der Waals surface area contributed by atoms with Crippen LogP contribution in [-0.4, -0.2) is 112 Å². The second-order valence-electron chi connectivity index (χ2n) is 18.2. The van der Waals surface area contributed by atoms with Crippen molar-refractivity contribution in [3.8, 4) is 6.01 Å². The summed E-state index contributed by atoms with van der Waals surface area (Å²) in [5.41, 5.74) is -3.85. The van der Waals surface area contributed by atoms with E-state index in [1.807, 2.05) is 11.8 Å². The lowest BCUT2D eigenvalue weighted by atomic mass is 9.89. The number of hydrogen-bond donors (Lipinski definition) is 0. The highest BCUT2D eigenvalue weighted by molar-refractivity contribution is 5.98. The van der Waals surface area contributed by atoms with Gasteiger partial charge in [-0.25, -0.2) is 23.1 Å². The SMILES string of the molecule is Cc1cc2c(cnn2C2CCCCO2)c(C2Cc3nc(OC[C@]4(CN(C)C)CC4(F)F)nc(N4C[C@H]5CCC(C)(C4)N5C(=O)OC(C)(C)C)c3C(=O)O2)c1C(F)(F)F. The Kier molecular flexibility index (Phi) is 9.68. The molecule has 4 aliphatic heterocycles. The number of anilines is 1. The Labute approximate surface area is 333 Å². The number of aryl methyl sites for hydroxylation is 1. The lowest BCUT2D eigenvalue weighted by Gasteiger charge is -2.48. The van der Waals surface area contributed by atoms with Crippen molar-refractivity contribution in [3.05, 3.63) is 40.2 Å². The molecule has 1 amide bonds. The minimum atomic E-state index is -4.83. The van der Waals surface area contributed by atoms with Gasteiger partial charge < -0.3 is 28.7 Å². The molecule has 18 heteroatoms. The van der Waals surface area contributed by atoms with Crippen LogP contribution in [-0.2, 0) is 26.8 Å². The van der Waals surface area contributed by atoms with Crippen LogP contribution in [0.25, 0.3) is 10.9 Å². The molecule has 3 unspecified atom stereocenters. The van der Waals surface area contributed by atoms with E-state index >= 15 is 13.2 Å². The van der Waals surface area contributed by atoms with Gasteiger partial charge in [0.15, 0.2) is 12.0 Å². The molecule has 13 nitrogen and oxygen atoms in total. The highest BCUT2D eigenvalue weighted by Gasteiger charge is 2.71. The third-order valence-electron chi connectivity index (χ3n) is 12.1. The van der Waals surface area contributed by atoms with Crippen LogP contribution in [0.15, 0.2) is 12.3 Å². The number of hydrogen-bond acceptors (Lipinski definition) is 11. The van der Waals surface area contributed by atoms with E-state index in [9.17, 15) is 18.4 Å². The fourth-order valence-corrected chi connectivity index (χ4v) is 9.52. The van der Waals surface area contributed by atoms with Crippen LogP contribution in [0.4, 0.5) is 32.6 Å². The van der Waals surface area contributed by atoms with E-state index in [1.54, 1.807) is 49.3 Å². The number of piperazine rings is 1. The predicted molar refractivity (Wildman–Crippen MR) is 200 cm³/mol. The molecule has 3 aromatic rings. The molecule has 6 heterocycles. The summed E-state index contributed by atoms with van der Waals surface area (Å²) in [5, 5.41) is 4.63. The topological polar surface area (TPSA) is 124 Å². The summed E-state index contributed by atoms with van der Waals surface area (Å²) >= 11 is 0. The van der Waals surface area contributed by atoms with Crippen molar-refractivity contribution in [3.63, 3.8) is 0 Å². The van der Waals surface area contributed by atoms with Gasteiger partial charge in [-0.2, -0.15) is 28.2 Å². The second kappa shape index (κ2) is 13.9. The molecule has 0 radical (unpaired) electrons. The van der Waals surface area contributed by atoms with Gasteiger partial charge in [0, 0.05) is 50.0 Å². The van der Waals surface area contributed by atoms with E-state index < -0.39 is 71.6 Å². The zero-order valence-electron chi connectivity index (χ0n) is 33.8. The minimum absolute atomic E-state index is 0.0298. The molecule has 2 aromatic heterocycles. The zero-order valence-corrected chi connectivity index (χ0v) is 33.8. The molecular weight excluding hydrogens is 769 g/mol. The van der Waals surface area contributed by atoms with Crippen molar-refractivity contribution < 1.29 is 50.5 Å². The largest absolute Gasteiger partial charge is 0.463 e. The first-order valence-corrected chi connectivity index (χ1v) is 19.8. The number of carbonyl (C=O) groups is 2. The summed E-state index contributed by atoms with van der Waals surface area (Å²) in [6.07, 6.45) is -2.93. The third kappa shape index (κ3) is 7.11. The molecule has 316 valence electrons. The minimum Gasteiger partial charge on any atom is -0.463 e. The maximum absolute atomic E-state index is 15.0. The fraction of sp³-hybridized carbons (Fsp3) is 0.675. The van der Waals surface area contributed by atoms with Gasteiger partial charge in [0.05, 0.1) is 40.0 Å². The molecule has 0 spiro atoms. The monoisotopic (exact) mass is 819 g/mol. The number of benzene rings is 1. The number of esters is 1. The van der Waals surface area contributed by atoms with Gasteiger partial charge in [-0.15, -0.1) is 0 Å². The summed E-state index contributed by atoms with van der Waals surface area (Å²) in [4.78, 5) is 42.2. The van der Waals surface area contributed by atoms with E-state index in [2.05, 4.69) is 15.1 Å². The number of fused-ring (bicyclic) bond motifs is 4. The second-order valence-corrected chi connectivity index (χ2v) is 18.2. The summed E-state index contributed by atoms with van der Waals surface area (Å²) in [6.45, 7) is 9.17. The molecule has 2 bridgehead atoms. The number of cyclic esters (lactones) is 1. The number of rotatable bonds is 8. The van der Waals surface area contributed by atoms with Crippen molar-refractivity contribution in [1.82, 2.24) is 29.5 Å². The van der Waals surface area contributed by atoms with Gasteiger partial charge >= 0.3 is 24.2 Å².